The molecule has 0 heterocycles. The SMILES string of the molecule is CC1(C)C(Nc2c(F)c(F)cc(F)c2F)[C@]2(C)CC[C@H]1C2. The number of benzene rings is 1. The van der Waals surface area contributed by atoms with Crippen LogP contribution in [-0.2, 0) is 0 Å². The van der Waals surface area contributed by atoms with Crippen LogP contribution < -0.4 is 5.32 Å². The minimum Gasteiger partial charge on any atom is -0.376 e. The average molecular weight is 301 g/mol. The van der Waals surface area contributed by atoms with Gasteiger partial charge in [-0.1, -0.05) is 20.8 Å². The molecule has 2 bridgehead atoms. The zero-order valence-electron chi connectivity index (χ0n) is 12.4. The molecular formula is C16H19F4N. The Morgan fingerprint density at radius 1 is 1.05 bits per heavy atom. The quantitative estimate of drug-likeness (QED) is 0.607. The van der Waals surface area contributed by atoms with E-state index in [9.17, 15) is 17.6 Å². The van der Waals surface area contributed by atoms with Crippen LogP contribution in [0.1, 0.15) is 40.0 Å². The smallest absolute Gasteiger partial charge is 0.185 e. The van der Waals surface area contributed by atoms with Gasteiger partial charge in [-0.05, 0) is 36.0 Å². The summed E-state index contributed by atoms with van der Waals surface area (Å²) in [5, 5.41) is 2.79. The third kappa shape index (κ3) is 1.96. The highest BCUT2D eigenvalue weighted by Gasteiger charge is 2.59. The lowest BCUT2D eigenvalue weighted by Crippen LogP contribution is -2.46. The molecule has 1 unspecified atom stereocenters. The van der Waals surface area contributed by atoms with Gasteiger partial charge in [0.1, 0.15) is 5.69 Å². The molecule has 0 amide bonds. The van der Waals surface area contributed by atoms with Gasteiger partial charge in [-0.25, -0.2) is 17.6 Å². The highest BCUT2D eigenvalue weighted by Crippen LogP contribution is 2.63. The second-order valence-corrected chi connectivity index (χ2v) is 7.34. The highest BCUT2D eigenvalue weighted by molar-refractivity contribution is 5.49. The second-order valence-electron chi connectivity index (χ2n) is 7.34. The van der Waals surface area contributed by atoms with Crippen LogP contribution in [-0.4, -0.2) is 6.04 Å². The fraction of sp³-hybridized carbons (Fsp3) is 0.625. The lowest BCUT2D eigenvalue weighted by Gasteiger charge is -2.43. The van der Waals surface area contributed by atoms with Crippen molar-refractivity contribution in [1.29, 1.82) is 0 Å². The zero-order valence-corrected chi connectivity index (χ0v) is 12.4. The highest BCUT2D eigenvalue weighted by atomic mass is 19.2. The van der Waals surface area contributed by atoms with Crippen molar-refractivity contribution in [1.82, 2.24) is 0 Å². The summed E-state index contributed by atoms with van der Waals surface area (Å²) < 4.78 is 54.4. The molecule has 5 heteroatoms. The molecule has 21 heavy (non-hydrogen) atoms. The number of halogens is 4. The number of anilines is 1. The second kappa shape index (κ2) is 4.37. The zero-order chi connectivity index (χ0) is 15.6. The van der Waals surface area contributed by atoms with Crippen molar-refractivity contribution in [3.05, 3.63) is 29.3 Å². The van der Waals surface area contributed by atoms with Gasteiger partial charge < -0.3 is 5.32 Å². The molecule has 3 rings (SSSR count). The first kappa shape index (κ1) is 14.7. The van der Waals surface area contributed by atoms with Crippen molar-refractivity contribution < 1.29 is 17.6 Å². The van der Waals surface area contributed by atoms with Crippen LogP contribution in [0.25, 0.3) is 0 Å². The van der Waals surface area contributed by atoms with Crippen LogP contribution in [0.5, 0.6) is 0 Å². The van der Waals surface area contributed by atoms with Crippen LogP contribution in [0.2, 0.25) is 0 Å². The Kier molecular flexibility index (Phi) is 3.05. The molecule has 1 nitrogen and oxygen atoms in total. The monoisotopic (exact) mass is 301 g/mol. The molecule has 0 saturated heterocycles. The van der Waals surface area contributed by atoms with Crippen LogP contribution in [0.15, 0.2) is 6.07 Å². The van der Waals surface area contributed by atoms with E-state index in [4.69, 9.17) is 0 Å². The summed E-state index contributed by atoms with van der Waals surface area (Å²) in [7, 11) is 0. The van der Waals surface area contributed by atoms with Gasteiger partial charge >= 0.3 is 0 Å². The molecule has 0 spiro atoms. The number of hydrogen-bond acceptors (Lipinski definition) is 1. The lowest BCUT2D eigenvalue weighted by molar-refractivity contribution is 0.154. The minimum absolute atomic E-state index is 0.101. The summed E-state index contributed by atoms with van der Waals surface area (Å²) in [6.07, 6.45) is 3.02. The molecule has 2 fully saturated rings. The van der Waals surface area contributed by atoms with Crippen LogP contribution >= 0.6 is 0 Å². The largest absolute Gasteiger partial charge is 0.376 e. The lowest BCUT2D eigenvalue weighted by atomic mass is 9.68. The molecule has 0 aromatic heterocycles. The molecule has 2 aliphatic carbocycles. The molecule has 0 radical (unpaired) electrons. The Labute approximate surface area is 121 Å². The summed E-state index contributed by atoms with van der Waals surface area (Å²) >= 11 is 0. The molecule has 0 aliphatic heterocycles. The predicted molar refractivity (Wildman–Crippen MR) is 72.9 cm³/mol. The van der Waals surface area contributed by atoms with E-state index in [2.05, 4.69) is 12.2 Å². The van der Waals surface area contributed by atoms with Gasteiger partial charge in [0, 0.05) is 12.1 Å². The maximum absolute atomic E-state index is 13.9. The van der Waals surface area contributed by atoms with Crippen molar-refractivity contribution in [2.45, 2.75) is 46.1 Å². The van der Waals surface area contributed by atoms with Crippen molar-refractivity contribution >= 4 is 5.69 Å². The Morgan fingerprint density at radius 3 is 2.10 bits per heavy atom. The van der Waals surface area contributed by atoms with Crippen molar-refractivity contribution in [2.24, 2.45) is 16.7 Å². The van der Waals surface area contributed by atoms with E-state index in [1.807, 2.05) is 13.8 Å². The number of nitrogens with one attached hydrogen (secondary N) is 1. The van der Waals surface area contributed by atoms with E-state index in [0.717, 1.165) is 19.3 Å². The Balaban J connectivity index is 2.02. The third-order valence-corrected chi connectivity index (χ3v) is 5.67. The summed E-state index contributed by atoms with van der Waals surface area (Å²) in [4.78, 5) is 0. The molecule has 3 atom stereocenters. The Hall–Kier alpha value is -1.26. The third-order valence-electron chi connectivity index (χ3n) is 5.67. The standard InChI is InChI=1S/C16H19F4N/c1-15(2)8-4-5-16(3,7-8)14(15)21-13-11(19)9(17)6-10(18)12(13)20/h6,8,14,21H,4-5,7H2,1-3H3/t8-,14?,16+/m0/s1. The van der Waals surface area contributed by atoms with Gasteiger partial charge in [-0.15, -0.1) is 0 Å². The fourth-order valence-electron chi connectivity index (χ4n) is 4.51. The molecule has 1 aromatic rings. The van der Waals surface area contributed by atoms with E-state index in [0.29, 0.717) is 5.92 Å². The first-order valence-electron chi connectivity index (χ1n) is 7.26. The summed E-state index contributed by atoms with van der Waals surface area (Å²) in [5.74, 6) is -4.98. The number of fused-ring (bicyclic) bond motifs is 2. The molecule has 1 N–H and O–H groups in total. The molecule has 2 saturated carbocycles. The van der Waals surface area contributed by atoms with E-state index >= 15 is 0 Å². The van der Waals surface area contributed by atoms with Crippen LogP contribution in [0.4, 0.5) is 23.2 Å². The normalized spacial score (nSPS) is 33.5. The average Bonchev–Trinajstić information content (AvgIpc) is 2.86. The molecular weight excluding hydrogens is 282 g/mol. The van der Waals surface area contributed by atoms with E-state index in [1.54, 1.807) is 0 Å². The maximum Gasteiger partial charge on any atom is 0.185 e. The van der Waals surface area contributed by atoms with Crippen LogP contribution in [0.3, 0.4) is 0 Å². The van der Waals surface area contributed by atoms with Crippen molar-refractivity contribution in [2.75, 3.05) is 5.32 Å². The summed E-state index contributed by atoms with van der Waals surface area (Å²) in [6, 6.07) is 0.0257. The molecule has 2 aliphatic rings. The van der Waals surface area contributed by atoms with Gasteiger partial charge in [0.2, 0.25) is 0 Å². The summed E-state index contributed by atoms with van der Waals surface area (Å²) in [5.41, 5.74) is -0.954. The fourth-order valence-corrected chi connectivity index (χ4v) is 4.51. The Bertz CT molecular complexity index is 567. The minimum atomic E-state index is -1.37. The van der Waals surface area contributed by atoms with Gasteiger partial charge in [-0.2, -0.15) is 0 Å². The number of rotatable bonds is 2. The first-order chi connectivity index (χ1) is 9.67. The Morgan fingerprint density at radius 2 is 1.62 bits per heavy atom. The van der Waals surface area contributed by atoms with E-state index < -0.39 is 29.0 Å². The number of hydrogen-bond donors (Lipinski definition) is 1. The van der Waals surface area contributed by atoms with Crippen molar-refractivity contribution in [3.8, 4) is 0 Å². The maximum atomic E-state index is 13.9. The van der Waals surface area contributed by atoms with Gasteiger partial charge in [-0.3, -0.25) is 0 Å². The summed E-state index contributed by atoms with van der Waals surface area (Å²) in [6.45, 7) is 6.17. The topological polar surface area (TPSA) is 12.0 Å². The van der Waals surface area contributed by atoms with Gasteiger partial charge in [0.15, 0.2) is 23.3 Å². The van der Waals surface area contributed by atoms with E-state index in [-0.39, 0.29) is 22.9 Å². The van der Waals surface area contributed by atoms with E-state index in [1.165, 1.54) is 0 Å². The first-order valence-corrected chi connectivity index (χ1v) is 7.26. The van der Waals surface area contributed by atoms with Gasteiger partial charge in [0.25, 0.3) is 0 Å². The van der Waals surface area contributed by atoms with Gasteiger partial charge in [0.05, 0.1) is 0 Å². The van der Waals surface area contributed by atoms with Crippen molar-refractivity contribution in [3.63, 3.8) is 0 Å². The molecule has 1 aromatic carbocycles. The molecule has 116 valence electrons. The predicted octanol–water partition coefficient (Wildman–Crippen LogP) is 4.87. The van der Waals surface area contributed by atoms with Crippen LogP contribution in [0, 0.1) is 40.0 Å².